The fourth-order valence-corrected chi connectivity index (χ4v) is 3.92. The summed E-state index contributed by atoms with van der Waals surface area (Å²) in [5.41, 5.74) is 5.00. The van der Waals surface area contributed by atoms with Gasteiger partial charge in [0.1, 0.15) is 5.70 Å². The number of rotatable bonds is 7. The van der Waals surface area contributed by atoms with E-state index < -0.39 is 36.2 Å². The molecule has 1 amide bonds. The summed E-state index contributed by atoms with van der Waals surface area (Å²) in [6.45, 7) is 6.56. The maximum absolute atomic E-state index is 12.5. The second-order valence-corrected chi connectivity index (χ2v) is 8.58. The van der Waals surface area contributed by atoms with Crippen LogP contribution in [0.5, 0.6) is 0 Å². The fourth-order valence-electron chi connectivity index (χ4n) is 2.95. The quantitative estimate of drug-likeness (QED) is 0.371. The van der Waals surface area contributed by atoms with E-state index >= 15 is 0 Å². The summed E-state index contributed by atoms with van der Waals surface area (Å²) < 4.78 is 10.0. The molecule has 0 unspecified atom stereocenters. The highest BCUT2D eigenvalue weighted by Crippen LogP contribution is 2.47. The lowest BCUT2D eigenvalue weighted by Crippen LogP contribution is -2.61. The lowest BCUT2D eigenvalue weighted by atomic mass is 9.83. The zero-order valence-electron chi connectivity index (χ0n) is 15.5. The van der Waals surface area contributed by atoms with Crippen molar-refractivity contribution in [3.05, 3.63) is 10.6 Å². The van der Waals surface area contributed by atoms with Crippen molar-refractivity contribution in [3.8, 4) is 0 Å². The van der Waals surface area contributed by atoms with Crippen molar-refractivity contribution in [3.63, 3.8) is 0 Å². The predicted molar refractivity (Wildman–Crippen MR) is 95.5 cm³/mol. The van der Waals surface area contributed by atoms with Crippen molar-refractivity contribution in [2.45, 2.75) is 46.3 Å². The van der Waals surface area contributed by atoms with Gasteiger partial charge in [-0.2, -0.15) is 0 Å². The van der Waals surface area contributed by atoms with Crippen LogP contribution in [0.1, 0.15) is 34.1 Å². The minimum Gasteiger partial charge on any atom is -0.427 e. The Balaban J connectivity index is 2.06. The molecule has 1 saturated heterocycles. The van der Waals surface area contributed by atoms with Crippen LogP contribution in [0, 0.1) is 11.3 Å². The minimum absolute atomic E-state index is 0.169. The first-order valence-corrected chi connectivity index (χ1v) is 9.49. The molecule has 2 aliphatic heterocycles. The Labute approximate surface area is 157 Å². The van der Waals surface area contributed by atoms with E-state index in [4.69, 9.17) is 15.2 Å². The number of aliphatic hydroxyl groups excluding tert-OH is 1. The van der Waals surface area contributed by atoms with Gasteiger partial charge in [-0.15, -0.1) is 11.8 Å². The molecule has 2 rings (SSSR count). The van der Waals surface area contributed by atoms with Crippen LogP contribution in [-0.4, -0.2) is 59.1 Å². The number of ether oxygens (including phenoxy) is 2. The number of hydrogen-bond acceptors (Lipinski definition) is 8. The lowest BCUT2D eigenvalue weighted by Gasteiger charge is -2.44. The molecule has 3 atom stereocenters. The average Bonchev–Trinajstić information content (AvgIpc) is 2.85. The highest BCUT2D eigenvalue weighted by molar-refractivity contribution is 8.03. The first kappa shape index (κ1) is 20.7. The zero-order valence-corrected chi connectivity index (χ0v) is 16.3. The molecule has 0 aromatic heterocycles. The zero-order chi connectivity index (χ0) is 19.6. The molecular formula is C17H26N2O6S. The minimum atomic E-state index is -0.785. The van der Waals surface area contributed by atoms with Crippen molar-refractivity contribution in [1.82, 2.24) is 4.90 Å². The second kappa shape index (κ2) is 7.98. The Bertz CT molecular complexity index is 625. The largest absolute Gasteiger partial charge is 0.427 e. The average molecular weight is 386 g/mol. The third kappa shape index (κ3) is 4.05. The first-order valence-electron chi connectivity index (χ1n) is 8.51. The molecule has 8 nitrogen and oxygen atoms in total. The second-order valence-electron chi connectivity index (χ2n) is 7.39. The number of thioether (sulfide) groups is 1. The maximum Gasteiger partial charge on any atom is 0.358 e. The highest BCUT2D eigenvalue weighted by atomic mass is 32.2. The Morgan fingerprint density at radius 3 is 2.58 bits per heavy atom. The molecule has 2 heterocycles. The summed E-state index contributed by atoms with van der Waals surface area (Å²) in [6, 6.07) is -0.248. The molecule has 1 fully saturated rings. The number of β-lactam (4-membered cyclic amide) rings is 1. The molecular weight excluding hydrogens is 360 g/mol. The van der Waals surface area contributed by atoms with E-state index in [1.807, 2.05) is 0 Å². The van der Waals surface area contributed by atoms with E-state index in [1.54, 1.807) is 27.7 Å². The summed E-state index contributed by atoms with van der Waals surface area (Å²) in [7, 11) is 0. The maximum atomic E-state index is 12.5. The van der Waals surface area contributed by atoms with Crippen molar-refractivity contribution in [2.75, 3.05) is 19.1 Å². The van der Waals surface area contributed by atoms with Crippen LogP contribution >= 0.6 is 11.8 Å². The number of fused-ring (bicyclic) bond motifs is 1. The Kier molecular flexibility index (Phi) is 6.36. The fraction of sp³-hybridized carbons (Fsp3) is 0.706. The van der Waals surface area contributed by atoms with Crippen LogP contribution in [0.25, 0.3) is 0 Å². The van der Waals surface area contributed by atoms with Crippen LogP contribution in [0.4, 0.5) is 0 Å². The van der Waals surface area contributed by atoms with Gasteiger partial charge in [0.05, 0.1) is 23.5 Å². The van der Waals surface area contributed by atoms with Crippen molar-refractivity contribution in [1.29, 1.82) is 0 Å². The molecule has 0 radical (unpaired) electrons. The summed E-state index contributed by atoms with van der Waals surface area (Å²) in [5.74, 6) is -1.43. The van der Waals surface area contributed by atoms with Crippen LogP contribution < -0.4 is 5.73 Å². The number of carbonyl (C=O) groups is 3. The molecule has 0 spiro atoms. The third-order valence-electron chi connectivity index (χ3n) is 4.27. The van der Waals surface area contributed by atoms with Gasteiger partial charge < -0.3 is 25.2 Å². The van der Waals surface area contributed by atoms with Crippen LogP contribution in [0.3, 0.4) is 0 Å². The first-order chi connectivity index (χ1) is 12.1. The van der Waals surface area contributed by atoms with Gasteiger partial charge in [0.2, 0.25) is 12.7 Å². The molecule has 2 aliphatic rings. The molecule has 146 valence electrons. The molecule has 3 N–H and O–H groups in total. The number of esters is 2. The number of nitrogens with two attached hydrogens (primary N) is 1. The Hall–Kier alpha value is -1.58. The monoisotopic (exact) mass is 386 g/mol. The Morgan fingerprint density at radius 2 is 2.04 bits per heavy atom. The van der Waals surface area contributed by atoms with Gasteiger partial charge in [0, 0.05) is 23.6 Å². The lowest BCUT2D eigenvalue weighted by molar-refractivity contribution is -0.175. The van der Waals surface area contributed by atoms with E-state index in [2.05, 4.69) is 0 Å². The predicted octanol–water partition coefficient (Wildman–Crippen LogP) is 0.591. The molecule has 26 heavy (non-hydrogen) atoms. The topological polar surface area (TPSA) is 119 Å². The summed E-state index contributed by atoms with van der Waals surface area (Å²) in [5, 5.41) is 9.79. The van der Waals surface area contributed by atoms with Crippen LogP contribution in [0.2, 0.25) is 0 Å². The van der Waals surface area contributed by atoms with Gasteiger partial charge in [-0.05, 0) is 27.7 Å². The number of amides is 1. The van der Waals surface area contributed by atoms with Crippen LogP contribution in [0.15, 0.2) is 10.6 Å². The number of carbonyl (C=O) groups excluding carboxylic acids is 3. The van der Waals surface area contributed by atoms with Crippen molar-refractivity contribution in [2.24, 2.45) is 17.1 Å². The van der Waals surface area contributed by atoms with Crippen LogP contribution in [-0.2, 0) is 23.9 Å². The van der Waals surface area contributed by atoms with E-state index in [0.29, 0.717) is 23.6 Å². The SMILES string of the molecule is C[C@@H](O)[C@H]1C(=O)N2C(C(=O)OCOC(=O)C(C)(C)C)=C(SCCN)C[C@H]12. The molecule has 0 aromatic rings. The Morgan fingerprint density at radius 1 is 1.38 bits per heavy atom. The van der Waals surface area contributed by atoms with E-state index in [9.17, 15) is 19.5 Å². The van der Waals surface area contributed by atoms with E-state index in [1.165, 1.54) is 16.7 Å². The van der Waals surface area contributed by atoms with Gasteiger partial charge in [0.25, 0.3) is 0 Å². The van der Waals surface area contributed by atoms with E-state index in [-0.39, 0.29) is 17.6 Å². The molecule has 0 aliphatic carbocycles. The number of nitrogens with zero attached hydrogens (tertiary/aromatic N) is 1. The van der Waals surface area contributed by atoms with E-state index in [0.717, 1.165) is 0 Å². The van der Waals surface area contributed by atoms with Crippen molar-refractivity contribution >= 4 is 29.6 Å². The third-order valence-corrected chi connectivity index (χ3v) is 5.42. The summed E-state index contributed by atoms with van der Waals surface area (Å²) >= 11 is 1.40. The summed E-state index contributed by atoms with van der Waals surface area (Å²) in [6.07, 6.45) is -0.300. The standard InChI is InChI=1S/C17H26N2O6S/c1-9(20)12-10-7-11(26-6-5-18)13(19(10)14(12)21)15(22)24-8-25-16(23)17(2,3)4/h9-10,12,20H,5-8,18H2,1-4H3/t9-,10-,12-/m1/s1. The van der Waals surface area contributed by atoms with Gasteiger partial charge in [-0.25, -0.2) is 4.79 Å². The molecule has 0 saturated carbocycles. The van der Waals surface area contributed by atoms with Crippen molar-refractivity contribution < 1.29 is 29.0 Å². The molecule has 0 bridgehead atoms. The molecule has 0 aromatic carbocycles. The van der Waals surface area contributed by atoms with Gasteiger partial charge in [-0.3, -0.25) is 9.59 Å². The number of hydrogen-bond donors (Lipinski definition) is 2. The van der Waals surface area contributed by atoms with Gasteiger partial charge >= 0.3 is 11.9 Å². The molecule has 9 heteroatoms. The highest BCUT2D eigenvalue weighted by Gasteiger charge is 2.57. The van der Waals surface area contributed by atoms with Gasteiger partial charge in [-0.1, -0.05) is 0 Å². The smallest absolute Gasteiger partial charge is 0.358 e. The summed E-state index contributed by atoms with van der Waals surface area (Å²) in [4.78, 5) is 38.7. The normalized spacial score (nSPS) is 23.5. The number of aliphatic hydroxyl groups is 1. The van der Waals surface area contributed by atoms with Gasteiger partial charge in [0.15, 0.2) is 0 Å².